The summed E-state index contributed by atoms with van der Waals surface area (Å²) in [7, 11) is 0. The van der Waals surface area contributed by atoms with Crippen LogP contribution in [0.25, 0.3) is 0 Å². The number of anilines is 2. The molecule has 1 heterocycles. The normalized spacial score (nSPS) is 21.1. The Morgan fingerprint density at radius 1 is 1.37 bits per heavy atom. The van der Waals surface area contributed by atoms with Crippen molar-refractivity contribution in [2.75, 3.05) is 36.8 Å². The Hall–Kier alpha value is -1.36. The SMILES string of the molecule is CCN1CCN(c2ccc(N)cc2C(F)F)CC1C. The minimum absolute atomic E-state index is 0.0390. The van der Waals surface area contributed by atoms with E-state index in [1.54, 1.807) is 12.1 Å². The number of likely N-dealkylation sites (N-methyl/N-ethyl adjacent to an activating group) is 1. The van der Waals surface area contributed by atoms with Crippen molar-refractivity contribution in [1.82, 2.24) is 4.90 Å². The summed E-state index contributed by atoms with van der Waals surface area (Å²) in [6.45, 7) is 7.72. The third-order valence-electron chi connectivity index (χ3n) is 3.80. The molecule has 0 aliphatic carbocycles. The number of rotatable bonds is 3. The minimum atomic E-state index is -2.49. The van der Waals surface area contributed by atoms with Crippen molar-refractivity contribution < 1.29 is 8.78 Å². The van der Waals surface area contributed by atoms with Crippen LogP contribution < -0.4 is 10.6 Å². The molecule has 0 amide bonds. The van der Waals surface area contributed by atoms with Gasteiger partial charge in [-0.15, -0.1) is 0 Å². The molecule has 1 aromatic carbocycles. The number of hydrogen-bond acceptors (Lipinski definition) is 3. The number of halogens is 2. The van der Waals surface area contributed by atoms with E-state index in [4.69, 9.17) is 5.73 Å². The third-order valence-corrected chi connectivity index (χ3v) is 3.80. The summed E-state index contributed by atoms with van der Waals surface area (Å²) in [5, 5.41) is 0. The topological polar surface area (TPSA) is 32.5 Å². The summed E-state index contributed by atoms with van der Waals surface area (Å²) >= 11 is 0. The van der Waals surface area contributed by atoms with E-state index in [0.717, 1.165) is 26.2 Å². The Balaban J connectivity index is 2.23. The summed E-state index contributed by atoms with van der Waals surface area (Å²) in [6, 6.07) is 5.17. The predicted molar refractivity (Wildman–Crippen MR) is 74.7 cm³/mol. The molecule has 5 heteroatoms. The van der Waals surface area contributed by atoms with E-state index >= 15 is 0 Å². The molecular formula is C14H21F2N3. The van der Waals surface area contributed by atoms with Gasteiger partial charge in [0.05, 0.1) is 0 Å². The van der Waals surface area contributed by atoms with E-state index in [1.165, 1.54) is 6.07 Å². The fourth-order valence-corrected chi connectivity index (χ4v) is 2.72. The van der Waals surface area contributed by atoms with Crippen LogP contribution >= 0.6 is 0 Å². The average molecular weight is 269 g/mol. The van der Waals surface area contributed by atoms with Gasteiger partial charge in [0, 0.05) is 42.6 Å². The molecule has 1 aliphatic rings. The fourth-order valence-electron chi connectivity index (χ4n) is 2.72. The summed E-state index contributed by atoms with van der Waals surface area (Å²) in [5.41, 5.74) is 6.65. The van der Waals surface area contributed by atoms with E-state index in [-0.39, 0.29) is 5.56 Å². The molecular weight excluding hydrogens is 248 g/mol. The molecule has 0 saturated carbocycles. The number of nitrogens with two attached hydrogens (primary N) is 1. The maximum atomic E-state index is 13.1. The van der Waals surface area contributed by atoms with Gasteiger partial charge in [-0.2, -0.15) is 0 Å². The molecule has 106 valence electrons. The quantitative estimate of drug-likeness (QED) is 0.856. The van der Waals surface area contributed by atoms with Crippen LogP contribution in [-0.2, 0) is 0 Å². The van der Waals surface area contributed by atoms with Crippen molar-refractivity contribution in [2.24, 2.45) is 0 Å². The van der Waals surface area contributed by atoms with Crippen molar-refractivity contribution >= 4 is 11.4 Å². The highest BCUT2D eigenvalue weighted by Gasteiger charge is 2.25. The van der Waals surface area contributed by atoms with Crippen LogP contribution in [0, 0.1) is 0 Å². The van der Waals surface area contributed by atoms with Crippen LogP contribution in [0.4, 0.5) is 20.2 Å². The van der Waals surface area contributed by atoms with Gasteiger partial charge in [0.15, 0.2) is 0 Å². The Morgan fingerprint density at radius 2 is 2.11 bits per heavy atom. The molecule has 3 nitrogen and oxygen atoms in total. The molecule has 1 fully saturated rings. The second-order valence-corrected chi connectivity index (χ2v) is 5.04. The van der Waals surface area contributed by atoms with Gasteiger partial charge in [0.1, 0.15) is 0 Å². The largest absolute Gasteiger partial charge is 0.399 e. The molecule has 0 spiro atoms. The first kappa shape index (κ1) is 14.1. The maximum Gasteiger partial charge on any atom is 0.265 e. The van der Waals surface area contributed by atoms with Gasteiger partial charge >= 0.3 is 0 Å². The van der Waals surface area contributed by atoms with Gasteiger partial charge in [0.25, 0.3) is 6.43 Å². The van der Waals surface area contributed by atoms with Crippen molar-refractivity contribution in [2.45, 2.75) is 26.3 Å². The predicted octanol–water partition coefficient (Wildman–Crippen LogP) is 2.74. The summed E-state index contributed by atoms with van der Waals surface area (Å²) in [6.07, 6.45) is -2.49. The lowest BCUT2D eigenvalue weighted by Gasteiger charge is -2.41. The van der Waals surface area contributed by atoms with E-state index < -0.39 is 6.43 Å². The summed E-state index contributed by atoms with van der Waals surface area (Å²) in [5.74, 6) is 0. The molecule has 0 aromatic heterocycles. The van der Waals surface area contributed by atoms with E-state index in [0.29, 0.717) is 17.4 Å². The number of benzene rings is 1. The van der Waals surface area contributed by atoms with Crippen molar-refractivity contribution in [3.63, 3.8) is 0 Å². The molecule has 1 unspecified atom stereocenters. The molecule has 2 rings (SSSR count). The number of piperazine rings is 1. The van der Waals surface area contributed by atoms with Crippen molar-refractivity contribution in [3.8, 4) is 0 Å². The number of nitrogens with zero attached hydrogens (tertiary/aromatic N) is 2. The molecule has 0 bridgehead atoms. The molecule has 1 saturated heterocycles. The van der Waals surface area contributed by atoms with E-state index in [1.807, 2.05) is 4.90 Å². The average Bonchev–Trinajstić information content (AvgIpc) is 2.38. The van der Waals surface area contributed by atoms with E-state index in [2.05, 4.69) is 18.7 Å². The van der Waals surface area contributed by atoms with Crippen LogP contribution in [0.2, 0.25) is 0 Å². The van der Waals surface area contributed by atoms with E-state index in [9.17, 15) is 8.78 Å². The third kappa shape index (κ3) is 2.97. The number of alkyl halides is 2. The summed E-state index contributed by atoms with van der Waals surface area (Å²) < 4.78 is 26.2. The van der Waals surface area contributed by atoms with Crippen molar-refractivity contribution in [3.05, 3.63) is 23.8 Å². The van der Waals surface area contributed by atoms with Crippen LogP contribution in [0.3, 0.4) is 0 Å². The lowest BCUT2D eigenvalue weighted by molar-refractivity contribution is 0.151. The van der Waals surface area contributed by atoms with Crippen LogP contribution in [0.1, 0.15) is 25.8 Å². The molecule has 1 aromatic rings. The standard InChI is InChI=1S/C14H21F2N3/c1-3-18-6-7-19(9-10(18)2)13-5-4-11(17)8-12(13)14(15)16/h4-5,8,10,14H,3,6-7,9,17H2,1-2H3. The fraction of sp³-hybridized carbons (Fsp3) is 0.571. The summed E-state index contributed by atoms with van der Waals surface area (Å²) in [4.78, 5) is 4.40. The Labute approximate surface area is 113 Å². The lowest BCUT2D eigenvalue weighted by atomic mass is 10.1. The van der Waals surface area contributed by atoms with Gasteiger partial charge in [-0.05, 0) is 31.7 Å². The van der Waals surface area contributed by atoms with Crippen LogP contribution in [0.15, 0.2) is 18.2 Å². The molecule has 1 atom stereocenters. The molecule has 2 N–H and O–H groups in total. The molecule has 19 heavy (non-hydrogen) atoms. The second-order valence-electron chi connectivity index (χ2n) is 5.04. The van der Waals surface area contributed by atoms with Crippen LogP contribution in [0.5, 0.6) is 0 Å². The van der Waals surface area contributed by atoms with Gasteiger partial charge in [-0.1, -0.05) is 6.92 Å². The smallest absolute Gasteiger partial charge is 0.265 e. The Morgan fingerprint density at radius 3 is 2.68 bits per heavy atom. The minimum Gasteiger partial charge on any atom is -0.399 e. The highest BCUT2D eigenvalue weighted by atomic mass is 19.3. The van der Waals surface area contributed by atoms with Gasteiger partial charge in [-0.25, -0.2) is 8.78 Å². The lowest BCUT2D eigenvalue weighted by Crippen LogP contribution is -2.52. The monoisotopic (exact) mass is 269 g/mol. The van der Waals surface area contributed by atoms with Gasteiger partial charge < -0.3 is 10.6 Å². The second kappa shape index (κ2) is 5.74. The Bertz CT molecular complexity index is 437. The zero-order valence-electron chi connectivity index (χ0n) is 11.4. The Kier molecular flexibility index (Phi) is 4.24. The number of hydrogen-bond donors (Lipinski definition) is 1. The van der Waals surface area contributed by atoms with Crippen LogP contribution in [-0.4, -0.2) is 37.1 Å². The first-order valence-corrected chi connectivity index (χ1v) is 6.69. The van der Waals surface area contributed by atoms with Crippen molar-refractivity contribution in [1.29, 1.82) is 0 Å². The highest BCUT2D eigenvalue weighted by Crippen LogP contribution is 2.32. The maximum absolute atomic E-state index is 13.1. The zero-order valence-corrected chi connectivity index (χ0v) is 11.4. The molecule has 1 aliphatic heterocycles. The zero-order chi connectivity index (χ0) is 14.0. The highest BCUT2D eigenvalue weighted by molar-refractivity contribution is 5.60. The first-order chi connectivity index (χ1) is 9.02. The van der Waals surface area contributed by atoms with Gasteiger partial charge in [-0.3, -0.25) is 4.90 Å². The number of nitrogen functional groups attached to an aromatic ring is 1. The van der Waals surface area contributed by atoms with Gasteiger partial charge in [0.2, 0.25) is 0 Å². The first-order valence-electron chi connectivity index (χ1n) is 6.69. The molecule has 0 radical (unpaired) electrons.